The monoisotopic (exact) mass is 212 g/mol. The Bertz CT molecular complexity index is 261. The lowest BCUT2D eigenvalue weighted by Crippen LogP contribution is -1.90. The second-order valence-electron chi connectivity index (χ2n) is 3.07. The fourth-order valence-corrected chi connectivity index (χ4v) is 1.79. The first-order valence-electron chi connectivity index (χ1n) is 3.77. The van der Waals surface area contributed by atoms with Crippen molar-refractivity contribution in [2.75, 3.05) is 0 Å². The topological polar surface area (TPSA) is 0 Å². The molecule has 0 heterocycles. The van der Waals surface area contributed by atoms with E-state index in [4.69, 9.17) is 0 Å². The Morgan fingerprint density at radius 2 is 1.27 bits per heavy atom. The highest BCUT2D eigenvalue weighted by molar-refractivity contribution is 9.10. The van der Waals surface area contributed by atoms with Gasteiger partial charge in [0, 0.05) is 4.47 Å². The summed E-state index contributed by atoms with van der Waals surface area (Å²) in [5.74, 6) is 0. The molecule has 0 radical (unpaired) electrons. The number of aryl methyl sites for hydroxylation is 2. The molecule has 0 aliphatic carbocycles. The van der Waals surface area contributed by atoms with E-state index < -0.39 is 0 Å². The first-order chi connectivity index (χ1) is 5.04. The molecule has 0 atom stereocenters. The van der Waals surface area contributed by atoms with Crippen LogP contribution < -0.4 is 0 Å². The Morgan fingerprint density at radius 1 is 0.909 bits per heavy atom. The lowest BCUT2D eigenvalue weighted by molar-refractivity contribution is 1.22. The van der Waals surface area contributed by atoms with E-state index in [1.807, 2.05) is 0 Å². The molecule has 0 aliphatic heterocycles. The van der Waals surface area contributed by atoms with Crippen molar-refractivity contribution in [2.45, 2.75) is 27.7 Å². The average molecular weight is 213 g/mol. The largest absolute Gasteiger partial charge is 0.0558 e. The molecule has 0 nitrogen and oxygen atoms in total. The zero-order chi connectivity index (χ0) is 8.59. The Balaban J connectivity index is 3.46. The van der Waals surface area contributed by atoms with Crippen molar-refractivity contribution < 1.29 is 0 Å². The maximum absolute atomic E-state index is 3.58. The second-order valence-corrected chi connectivity index (χ2v) is 3.87. The van der Waals surface area contributed by atoms with Crippen molar-refractivity contribution in [1.29, 1.82) is 0 Å². The third-order valence-electron chi connectivity index (χ3n) is 2.27. The van der Waals surface area contributed by atoms with E-state index in [0.29, 0.717) is 0 Å². The van der Waals surface area contributed by atoms with Gasteiger partial charge in [-0.25, -0.2) is 0 Å². The highest BCUT2D eigenvalue weighted by Gasteiger charge is 2.03. The Morgan fingerprint density at radius 3 is 1.64 bits per heavy atom. The summed E-state index contributed by atoms with van der Waals surface area (Å²) in [5.41, 5.74) is 5.43. The normalized spacial score (nSPS) is 10.3. The zero-order valence-corrected chi connectivity index (χ0v) is 9.04. The van der Waals surface area contributed by atoms with Gasteiger partial charge in [0.2, 0.25) is 0 Å². The Hall–Kier alpha value is -0.300. The van der Waals surface area contributed by atoms with Crippen LogP contribution in [0.25, 0.3) is 0 Å². The molecular formula is C10H13Br. The highest BCUT2D eigenvalue weighted by atomic mass is 79.9. The fourth-order valence-electron chi connectivity index (χ4n) is 1.17. The molecule has 0 amide bonds. The van der Waals surface area contributed by atoms with Gasteiger partial charge in [-0.15, -0.1) is 0 Å². The van der Waals surface area contributed by atoms with E-state index >= 15 is 0 Å². The molecule has 0 saturated carbocycles. The van der Waals surface area contributed by atoms with Crippen LogP contribution in [0, 0.1) is 27.7 Å². The summed E-state index contributed by atoms with van der Waals surface area (Å²) in [6.07, 6.45) is 0. The van der Waals surface area contributed by atoms with Crippen molar-refractivity contribution in [3.63, 3.8) is 0 Å². The molecule has 1 aromatic carbocycles. The van der Waals surface area contributed by atoms with Gasteiger partial charge < -0.3 is 0 Å². The van der Waals surface area contributed by atoms with Gasteiger partial charge >= 0.3 is 0 Å². The van der Waals surface area contributed by atoms with Gasteiger partial charge in [0.25, 0.3) is 0 Å². The molecule has 0 N–H and O–H groups in total. The van der Waals surface area contributed by atoms with E-state index in [2.05, 4.69) is 49.7 Å². The minimum atomic E-state index is 1.26. The maximum atomic E-state index is 3.58. The third-order valence-corrected chi connectivity index (χ3v) is 3.46. The van der Waals surface area contributed by atoms with Gasteiger partial charge in [-0.1, -0.05) is 22.0 Å². The SMILES string of the molecule is Cc1cc(C)c(C)c(Br)c1C. The van der Waals surface area contributed by atoms with Crippen LogP contribution in [0.4, 0.5) is 0 Å². The Kier molecular flexibility index (Phi) is 2.38. The average Bonchev–Trinajstić information content (AvgIpc) is 1.97. The second kappa shape index (κ2) is 2.98. The Labute approximate surface area is 76.8 Å². The van der Waals surface area contributed by atoms with E-state index in [-0.39, 0.29) is 0 Å². The molecule has 0 spiro atoms. The zero-order valence-electron chi connectivity index (χ0n) is 7.46. The van der Waals surface area contributed by atoms with Crippen molar-refractivity contribution in [3.8, 4) is 0 Å². The molecule has 0 aliphatic rings. The van der Waals surface area contributed by atoms with Crippen molar-refractivity contribution >= 4 is 15.9 Å². The molecule has 0 saturated heterocycles. The van der Waals surface area contributed by atoms with E-state index in [0.717, 1.165) is 0 Å². The van der Waals surface area contributed by atoms with Gasteiger partial charge in [0.15, 0.2) is 0 Å². The minimum Gasteiger partial charge on any atom is -0.0558 e. The van der Waals surface area contributed by atoms with Crippen molar-refractivity contribution in [1.82, 2.24) is 0 Å². The van der Waals surface area contributed by atoms with Crippen LogP contribution in [0.2, 0.25) is 0 Å². The molecule has 11 heavy (non-hydrogen) atoms. The smallest absolute Gasteiger partial charge is 0.0238 e. The van der Waals surface area contributed by atoms with Crippen LogP contribution in [0.1, 0.15) is 22.3 Å². The van der Waals surface area contributed by atoms with Crippen LogP contribution in [0.5, 0.6) is 0 Å². The van der Waals surface area contributed by atoms with Crippen LogP contribution in [0.15, 0.2) is 10.5 Å². The van der Waals surface area contributed by atoms with E-state index in [1.165, 1.54) is 26.7 Å². The highest BCUT2D eigenvalue weighted by Crippen LogP contribution is 2.26. The fraction of sp³-hybridized carbons (Fsp3) is 0.400. The minimum absolute atomic E-state index is 1.26. The lowest BCUT2D eigenvalue weighted by atomic mass is 10.0. The van der Waals surface area contributed by atoms with Crippen LogP contribution >= 0.6 is 15.9 Å². The summed E-state index contributed by atoms with van der Waals surface area (Å²) in [7, 11) is 0. The summed E-state index contributed by atoms with van der Waals surface area (Å²) in [6, 6.07) is 2.23. The number of benzene rings is 1. The standard InChI is InChI=1S/C10H13Br/c1-6-5-7(2)9(4)10(11)8(6)3/h5H,1-4H3. The predicted molar refractivity (Wildman–Crippen MR) is 53.1 cm³/mol. The van der Waals surface area contributed by atoms with Crippen LogP contribution in [-0.4, -0.2) is 0 Å². The van der Waals surface area contributed by atoms with Gasteiger partial charge in [-0.05, 0) is 49.9 Å². The number of rotatable bonds is 0. The molecule has 1 heteroatoms. The summed E-state index contributed by atoms with van der Waals surface area (Å²) >= 11 is 3.58. The molecule has 1 aromatic rings. The van der Waals surface area contributed by atoms with Gasteiger partial charge in [-0.2, -0.15) is 0 Å². The number of halogens is 1. The molecule has 0 unspecified atom stereocenters. The van der Waals surface area contributed by atoms with Crippen molar-refractivity contribution in [3.05, 3.63) is 32.8 Å². The van der Waals surface area contributed by atoms with Gasteiger partial charge in [0.05, 0.1) is 0 Å². The molecule has 0 bridgehead atoms. The summed E-state index contributed by atoms with van der Waals surface area (Å²) in [6.45, 7) is 8.58. The lowest BCUT2D eigenvalue weighted by Gasteiger charge is -2.09. The summed E-state index contributed by atoms with van der Waals surface area (Å²) < 4.78 is 1.26. The van der Waals surface area contributed by atoms with E-state index in [9.17, 15) is 0 Å². The number of hydrogen-bond acceptors (Lipinski definition) is 0. The predicted octanol–water partition coefficient (Wildman–Crippen LogP) is 3.68. The van der Waals surface area contributed by atoms with Gasteiger partial charge in [-0.3, -0.25) is 0 Å². The number of hydrogen-bond donors (Lipinski definition) is 0. The summed E-state index contributed by atoms with van der Waals surface area (Å²) in [4.78, 5) is 0. The first kappa shape index (κ1) is 8.79. The van der Waals surface area contributed by atoms with Gasteiger partial charge in [0.1, 0.15) is 0 Å². The molecule has 60 valence electrons. The van der Waals surface area contributed by atoms with Crippen LogP contribution in [0.3, 0.4) is 0 Å². The third kappa shape index (κ3) is 1.48. The van der Waals surface area contributed by atoms with E-state index in [1.54, 1.807) is 0 Å². The molecule has 0 fully saturated rings. The summed E-state index contributed by atoms with van der Waals surface area (Å²) in [5, 5.41) is 0. The quantitative estimate of drug-likeness (QED) is 0.616. The van der Waals surface area contributed by atoms with Crippen molar-refractivity contribution in [2.24, 2.45) is 0 Å². The molecule has 0 aromatic heterocycles. The van der Waals surface area contributed by atoms with Crippen LogP contribution in [-0.2, 0) is 0 Å². The first-order valence-corrected chi connectivity index (χ1v) is 4.56. The molecular weight excluding hydrogens is 200 g/mol. The maximum Gasteiger partial charge on any atom is 0.0238 e. The molecule has 1 rings (SSSR count).